The van der Waals surface area contributed by atoms with Gasteiger partial charge in [-0.2, -0.15) is 0 Å². The Hall–Kier alpha value is -1.32. The van der Waals surface area contributed by atoms with E-state index in [-0.39, 0.29) is 0 Å². The first-order valence-electron chi connectivity index (χ1n) is 6.08. The van der Waals surface area contributed by atoms with Gasteiger partial charge in [-0.1, -0.05) is 18.2 Å². The molecule has 1 unspecified atom stereocenters. The van der Waals surface area contributed by atoms with Crippen LogP contribution in [0.15, 0.2) is 28.7 Å². The van der Waals surface area contributed by atoms with E-state index in [2.05, 4.69) is 18.3 Å². The number of aliphatic hydroxyl groups is 1. The highest BCUT2D eigenvalue weighted by atomic mass is 16.3. The zero-order valence-corrected chi connectivity index (χ0v) is 9.99. The van der Waals surface area contributed by atoms with Crippen LogP contribution in [0.3, 0.4) is 0 Å². The molecular weight excluding hydrogens is 214 g/mol. The Kier molecular flexibility index (Phi) is 2.45. The van der Waals surface area contributed by atoms with Gasteiger partial charge in [0.15, 0.2) is 0 Å². The topological polar surface area (TPSA) is 45.4 Å². The Morgan fingerprint density at radius 2 is 2.24 bits per heavy atom. The highest BCUT2D eigenvalue weighted by molar-refractivity contribution is 5.81. The zero-order chi connectivity index (χ0) is 11.9. The van der Waals surface area contributed by atoms with Gasteiger partial charge in [0.25, 0.3) is 0 Å². The molecule has 1 atom stereocenters. The molecule has 3 rings (SSSR count). The van der Waals surface area contributed by atoms with Gasteiger partial charge in [-0.05, 0) is 31.5 Å². The zero-order valence-electron chi connectivity index (χ0n) is 9.99. The van der Waals surface area contributed by atoms with Gasteiger partial charge < -0.3 is 14.8 Å². The minimum absolute atomic E-state index is 0.598. The van der Waals surface area contributed by atoms with Gasteiger partial charge >= 0.3 is 0 Å². The van der Waals surface area contributed by atoms with E-state index in [1.807, 2.05) is 18.2 Å². The summed E-state index contributed by atoms with van der Waals surface area (Å²) in [6.07, 6.45) is 1.39. The number of furan rings is 1. The maximum absolute atomic E-state index is 10.4. The summed E-state index contributed by atoms with van der Waals surface area (Å²) in [4.78, 5) is 0. The summed E-state index contributed by atoms with van der Waals surface area (Å²) in [5.74, 6) is 0.914. The fraction of sp³-hybridized carbons (Fsp3) is 0.429. The predicted molar refractivity (Wildman–Crippen MR) is 67.1 cm³/mol. The van der Waals surface area contributed by atoms with E-state index in [1.54, 1.807) is 0 Å². The first-order chi connectivity index (χ1) is 8.18. The average molecular weight is 231 g/mol. The third kappa shape index (κ3) is 1.85. The van der Waals surface area contributed by atoms with Gasteiger partial charge in [0.05, 0.1) is 5.60 Å². The van der Waals surface area contributed by atoms with Crippen molar-refractivity contribution >= 4 is 11.0 Å². The summed E-state index contributed by atoms with van der Waals surface area (Å²) >= 11 is 0. The van der Waals surface area contributed by atoms with E-state index < -0.39 is 5.60 Å². The molecule has 0 aliphatic carbocycles. The molecule has 3 heteroatoms. The van der Waals surface area contributed by atoms with Crippen LogP contribution in [0.2, 0.25) is 0 Å². The van der Waals surface area contributed by atoms with E-state index in [9.17, 15) is 5.11 Å². The first-order valence-corrected chi connectivity index (χ1v) is 6.08. The van der Waals surface area contributed by atoms with Gasteiger partial charge in [-0.3, -0.25) is 0 Å². The van der Waals surface area contributed by atoms with Crippen LogP contribution in [-0.4, -0.2) is 23.8 Å². The van der Waals surface area contributed by atoms with E-state index in [1.165, 1.54) is 0 Å². The lowest BCUT2D eigenvalue weighted by molar-refractivity contribution is 0.0567. The summed E-state index contributed by atoms with van der Waals surface area (Å²) in [5, 5.41) is 14.7. The van der Waals surface area contributed by atoms with Crippen molar-refractivity contribution < 1.29 is 9.52 Å². The maximum atomic E-state index is 10.4. The van der Waals surface area contributed by atoms with Crippen LogP contribution in [0.25, 0.3) is 11.0 Å². The van der Waals surface area contributed by atoms with Crippen molar-refractivity contribution in [3.8, 4) is 0 Å². The number of nitrogens with one attached hydrogen (secondary N) is 1. The van der Waals surface area contributed by atoms with Crippen LogP contribution in [-0.2, 0) is 6.42 Å². The summed E-state index contributed by atoms with van der Waals surface area (Å²) in [5.41, 5.74) is 1.43. The lowest BCUT2D eigenvalue weighted by Crippen LogP contribution is -2.33. The van der Waals surface area contributed by atoms with E-state index in [0.717, 1.165) is 35.3 Å². The van der Waals surface area contributed by atoms with Gasteiger partial charge in [0.1, 0.15) is 11.3 Å². The number of hydrogen-bond donors (Lipinski definition) is 2. The lowest BCUT2D eigenvalue weighted by atomic mass is 9.95. The second-order valence-electron chi connectivity index (χ2n) is 4.97. The molecule has 0 radical (unpaired) electrons. The van der Waals surface area contributed by atoms with Crippen LogP contribution in [0.4, 0.5) is 0 Å². The second kappa shape index (κ2) is 3.86. The molecule has 2 N–H and O–H groups in total. The van der Waals surface area contributed by atoms with Crippen LogP contribution in [0.5, 0.6) is 0 Å². The summed E-state index contributed by atoms with van der Waals surface area (Å²) in [7, 11) is 0. The average Bonchev–Trinajstić information content (AvgIpc) is 2.86. The second-order valence-corrected chi connectivity index (χ2v) is 4.97. The Bertz CT molecular complexity index is 538. The highest BCUT2D eigenvalue weighted by Gasteiger charge is 2.33. The van der Waals surface area contributed by atoms with Gasteiger partial charge in [-0.25, -0.2) is 0 Å². The predicted octanol–water partition coefficient (Wildman–Crippen LogP) is 2.01. The summed E-state index contributed by atoms with van der Waals surface area (Å²) in [6.45, 7) is 3.60. The molecule has 90 valence electrons. The number of rotatable bonds is 2. The largest absolute Gasteiger partial charge is 0.461 e. The molecule has 0 saturated carbocycles. The van der Waals surface area contributed by atoms with Crippen molar-refractivity contribution in [3.63, 3.8) is 0 Å². The lowest BCUT2D eigenvalue weighted by Gasteiger charge is -2.19. The van der Waals surface area contributed by atoms with Crippen LogP contribution >= 0.6 is 0 Å². The number of β-amino-alcohol motifs (C(OH)–C–C–N with tert-alkyl or cyclic N) is 1. The molecule has 17 heavy (non-hydrogen) atoms. The van der Waals surface area contributed by atoms with Gasteiger partial charge in [0, 0.05) is 18.4 Å². The highest BCUT2D eigenvalue weighted by Crippen LogP contribution is 2.29. The van der Waals surface area contributed by atoms with E-state index in [4.69, 9.17) is 4.42 Å². The van der Waals surface area contributed by atoms with E-state index in [0.29, 0.717) is 13.0 Å². The fourth-order valence-electron chi connectivity index (χ4n) is 2.57. The molecule has 1 fully saturated rings. The molecule has 0 bridgehead atoms. The SMILES string of the molecule is Cc1c(CC2(O)CCNC2)oc2ccccc12. The van der Waals surface area contributed by atoms with Crippen LogP contribution in [0, 0.1) is 6.92 Å². The number of aryl methyl sites for hydroxylation is 1. The van der Waals surface area contributed by atoms with Gasteiger partial charge in [0.2, 0.25) is 0 Å². The molecule has 1 aromatic heterocycles. The Morgan fingerprint density at radius 3 is 2.94 bits per heavy atom. The maximum Gasteiger partial charge on any atom is 0.134 e. The number of para-hydroxylation sites is 1. The minimum atomic E-state index is -0.640. The van der Waals surface area contributed by atoms with Crippen LogP contribution in [0.1, 0.15) is 17.7 Å². The molecule has 0 amide bonds. The molecule has 3 nitrogen and oxygen atoms in total. The molecule has 2 heterocycles. The van der Waals surface area contributed by atoms with Gasteiger partial charge in [-0.15, -0.1) is 0 Å². The Balaban J connectivity index is 1.97. The van der Waals surface area contributed by atoms with Crippen molar-refractivity contribution in [2.45, 2.75) is 25.4 Å². The minimum Gasteiger partial charge on any atom is -0.461 e. The van der Waals surface area contributed by atoms with Crippen molar-refractivity contribution in [3.05, 3.63) is 35.6 Å². The smallest absolute Gasteiger partial charge is 0.134 e. The molecule has 1 aliphatic rings. The number of benzene rings is 1. The van der Waals surface area contributed by atoms with Crippen molar-refractivity contribution in [1.82, 2.24) is 5.32 Å². The molecule has 1 aromatic carbocycles. The molecule has 0 spiro atoms. The van der Waals surface area contributed by atoms with E-state index >= 15 is 0 Å². The molecule has 1 aliphatic heterocycles. The third-order valence-corrected chi connectivity index (χ3v) is 3.65. The monoisotopic (exact) mass is 231 g/mol. The normalized spacial score (nSPS) is 24.6. The fourth-order valence-corrected chi connectivity index (χ4v) is 2.57. The number of hydrogen-bond acceptors (Lipinski definition) is 3. The molecule has 1 saturated heterocycles. The summed E-state index contributed by atoms with van der Waals surface area (Å²) < 4.78 is 5.84. The molecular formula is C14H17NO2. The van der Waals surface area contributed by atoms with Crippen LogP contribution < -0.4 is 5.32 Å². The molecule has 2 aromatic rings. The van der Waals surface area contributed by atoms with Crippen molar-refractivity contribution in [1.29, 1.82) is 0 Å². The Labute approximate surface area is 100 Å². The third-order valence-electron chi connectivity index (χ3n) is 3.65. The van der Waals surface area contributed by atoms with Crippen molar-refractivity contribution in [2.24, 2.45) is 0 Å². The van der Waals surface area contributed by atoms with Crippen molar-refractivity contribution in [2.75, 3.05) is 13.1 Å². The summed E-state index contributed by atoms with van der Waals surface area (Å²) in [6, 6.07) is 8.03. The standard InChI is InChI=1S/C14H17NO2/c1-10-11-4-2-3-5-12(11)17-13(10)8-14(16)6-7-15-9-14/h2-5,15-16H,6-9H2,1H3. The Morgan fingerprint density at radius 1 is 1.41 bits per heavy atom. The number of fused-ring (bicyclic) bond motifs is 1. The quantitative estimate of drug-likeness (QED) is 0.831. The first kappa shape index (κ1) is 10.8.